The first-order valence-corrected chi connectivity index (χ1v) is 6.77. The molecule has 2 atom stereocenters. The summed E-state index contributed by atoms with van der Waals surface area (Å²) in [5.74, 6) is 0. The van der Waals surface area contributed by atoms with Gasteiger partial charge in [0.15, 0.2) is 0 Å². The topological polar surface area (TPSA) is 12.0 Å². The third-order valence-electron chi connectivity index (χ3n) is 3.51. The molecule has 1 aliphatic rings. The van der Waals surface area contributed by atoms with Gasteiger partial charge in [0.1, 0.15) is 6.17 Å². The predicted octanol–water partition coefficient (Wildman–Crippen LogP) is 3.79. The van der Waals surface area contributed by atoms with E-state index in [4.69, 9.17) is 0 Å². The molecule has 0 spiro atoms. The number of aryl methyl sites for hydroxylation is 1. The van der Waals surface area contributed by atoms with Gasteiger partial charge in [-0.15, -0.1) is 0 Å². The molecule has 2 unspecified atom stereocenters. The molecule has 1 N–H and O–H groups in total. The van der Waals surface area contributed by atoms with Crippen LogP contribution in [0, 0.1) is 0 Å². The van der Waals surface area contributed by atoms with Gasteiger partial charge in [-0.25, -0.2) is 4.39 Å². The van der Waals surface area contributed by atoms with E-state index in [1.54, 1.807) is 0 Å². The summed E-state index contributed by atoms with van der Waals surface area (Å²) >= 11 is 0. The number of benzene rings is 1. The number of hydrogen-bond donors (Lipinski definition) is 1. The molecular weight excluding hydrogens is 213 g/mol. The lowest BCUT2D eigenvalue weighted by Crippen LogP contribution is -2.37. The number of rotatable bonds is 4. The van der Waals surface area contributed by atoms with Crippen LogP contribution in [0.2, 0.25) is 0 Å². The van der Waals surface area contributed by atoms with Gasteiger partial charge in [0.25, 0.3) is 0 Å². The molecule has 0 aliphatic carbocycles. The summed E-state index contributed by atoms with van der Waals surface area (Å²) in [6, 6.07) is 8.04. The van der Waals surface area contributed by atoms with Crippen LogP contribution in [-0.4, -0.2) is 12.6 Å². The predicted molar refractivity (Wildman–Crippen MR) is 69.9 cm³/mol. The molecule has 2 rings (SSSR count). The molecule has 0 saturated carbocycles. The first kappa shape index (κ1) is 12.6. The van der Waals surface area contributed by atoms with Crippen molar-refractivity contribution >= 4 is 0 Å². The van der Waals surface area contributed by atoms with E-state index >= 15 is 0 Å². The molecule has 1 heterocycles. The van der Waals surface area contributed by atoms with Gasteiger partial charge in [-0.3, -0.25) is 0 Å². The Bertz CT molecular complexity index is 345. The van der Waals surface area contributed by atoms with Crippen LogP contribution in [0.5, 0.6) is 0 Å². The Hall–Kier alpha value is -0.890. The molecule has 0 amide bonds. The van der Waals surface area contributed by atoms with Gasteiger partial charge in [0.2, 0.25) is 0 Å². The molecule has 0 radical (unpaired) electrons. The second kappa shape index (κ2) is 6.15. The number of halogens is 1. The van der Waals surface area contributed by atoms with Gasteiger partial charge < -0.3 is 5.32 Å². The summed E-state index contributed by atoms with van der Waals surface area (Å²) in [5, 5.41) is 3.29. The second-order valence-electron chi connectivity index (χ2n) is 4.95. The van der Waals surface area contributed by atoms with E-state index < -0.39 is 6.17 Å². The molecule has 1 nitrogen and oxygen atoms in total. The second-order valence-corrected chi connectivity index (χ2v) is 4.95. The van der Waals surface area contributed by atoms with Gasteiger partial charge >= 0.3 is 0 Å². The summed E-state index contributed by atoms with van der Waals surface area (Å²) in [6.45, 7) is 3.11. The number of hydrogen-bond acceptors (Lipinski definition) is 1. The zero-order chi connectivity index (χ0) is 12.1. The van der Waals surface area contributed by atoms with E-state index in [0.717, 1.165) is 37.8 Å². The Morgan fingerprint density at radius 3 is 3.00 bits per heavy atom. The van der Waals surface area contributed by atoms with Gasteiger partial charge in [-0.2, -0.15) is 0 Å². The molecule has 1 fully saturated rings. The smallest absolute Gasteiger partial charge is 0.140 e. The maximum atomic E-state index is 14.4. The summed E-state index contributed by atoms with van der Waals surface area (Å²) in [5.41, 5.74) is 2.10. The molecule has 1 aliphatic heterocycles. The summed E-state index contributed by atoms with van der Waals surface area (Å²) in [4.78, 5) is 0. The zero-order valence-electron chi connectivity index (χ0n) is 10.6. The summed E-state index contributed by atoms with van der Waals surface area (Å²) in [6.07, 6.45) is 4.58. The number of piperidine rings is 1. The van der Waals surface area contributed by atoms with Crippen molar-refractivity contribution < 1.29 is 4.39 Å². The summed E-state index contributed by atoms with van der Waals surface area (Å²) < 4.78 is 14.4. The maximum Gasteiger partial charge on any atom is 0.140 e. The van der Waals surface area contributed by atoms with Crippen molar-refractivity contribution in [1.29, 1.82) is 0 Å². The van der Waals surface area contributed by atoms with Gasteiger partial charge in [0, 0.05) is 6.04 Å². The highest BCUT2D eigenvalue weighted by molar-refractivity contribution is 5.26. The highest BCUT2D eigenvalue weighted by atomic mass is 19.1. The fourth-order valence-electron chi connectivity index (χ4n) is 2.57. The van der Waals surface area contributed by atoms with Crippen LogP contribution in [0.25, 0.3) is 0 Å². The van der Waals surface area contributed by atoms with Crippen LogP contribution in [0.1, 0.15) is 49.9 Å². The van der Waals surface area contributed by atoms with Gasteiger partial charge in [0.05, 0.1) is 0 Å². The fourth-order valence-corrected chi connectivity index (χ4v) is 2.57. The van der Waals surface area contributed by atoms with E-state index in [0.29, 0.717) is 0 Å². The van der Waals surface area contributed by atoms with Crippen LogP contribution in [0.3, 0.4) is 0 Å². The standard InChI is InChI=1S/C15H22FN/c1-2-6-12-7-5-8-13(11-12)15(16)14-9-3-4-10-17-14/h5,7-8,11,14-15,17H,2-4,6,9-10H2,1H3. The Morgan fingerprint density at radius 2 is 2.29 bits per heavy atom. The molecule has 94 valence electrons. The largest absolute Gasteiger partial charge is 0.311 e. The van der Waals surface area contributed by atoms with Crippen molar-refractivity contribution in [3.05, 3.63) is 35.4 Å². The lowest BCUT2D eigenvalue weighted by molar-refractivity contribution is 0.221. The van der Waals surface area contributed by atoms with E-state index in [2.05, 4.69) is 18.3 Å². The molecular formula is C15H22FN. The van der Waals surface area contributed by atoms with Crippen LogP contribution in [0.4, 0.5) is 4.39 Å². The van der Waals surface area contributed by atoms with Crippen LogP contribution in [-0.2, 0) is 6.42 Å². The number of alkyl halides is 1. The summed E-state index contributed by atoms with van der Waals surface area (Å²) in [7, 11) is 0. The molecule has 1 aromatic carbocycles. The molecule has 1 aromatic rings. The molecule has 2 heteroatoms. The van der Waals surface area contributed by atoms with E-state index in [1.807, 2.05) is 18.2 Å². The lowest BCUT2D eigenvalue weighted by atomic mass is 9.94. The van der Waals surface area contributed by atoms with Gasteiger partial charge in [-0.1, -0.05) is 44.0 Å². The Kier molecular flexibility index (Phi) is 4.55. The first-order valence-electron chi connectivity index (χ1n) is 6.77. The average Bonchev–Trinajstić information content (AvgIpc) is 2.40. The van der Waals surface area contributed by atoms with Crippen molar-refractivity contribution in [2.45, 2.75) is 51.2 Å². The quantitative estimate of drug-likeness (QED) is 0.837. The first-order chi connectivity index (χ1) is 8.31. The SMILES string of the molecule is CCCc1cccc(C(F)C2CCCCN2)c1. The van der Waals surface area contributed by atoms with Crippen molar-refractivity contribution in [3.8, 4) is 0 Å². The minimum atomic E-state index is -0.855. The Morgan fingerprint density at radius 1 is 1.41 bits per heavy atom. The van der Waals surface area contributed by atoms with Crippen LogP contribution >= 0.6 is 0 Å². The Balaban J connectivity index is 2.06. The molecule has 17 heavy (non-hydrogen) atoms. The minimum Gasteiger partial charge on any atom is -0.311 e. The van der Waals surface area contributed by atoms with Crippen LogP contribution in [0.15, 0.2) is 24.3 Å². The number of nitrogens with one attached hydrogen (secondary N) is 1. The zero-order valence-corrected chi connectivity index (χ0v) is 10.6. The normalized spacial score (nSPS) is 22.4. The van der Waals surface area contributed by atoms with Gasteiger partial charge in [-0.05, 0) is 36.9 Å². The maximum absolute atomic E-state index is 14.4. The van der Waals surface area contributed by atoms with Crippen molar-refractivity contribution in [2.75, 3.05) is 6.54 Å². The molecule has 0 aromatic heterocycles. The molecule has 0 bridgehead atoms. The average molecular weight is 235 g/mol. The van der Waals surface area contributed by atoms with Crippen molar-refractivity contribution in [3.63, 3.8) is 0 Å². The molecule has 1 saturated heterocycles. The highest BCUT2D eigenvalue weighted by Gasteiger charge is 2.24. The Labute approximate surface area is 103 Å². The lowest BCUT2D eigenvalue weighted by Gasteiger charge is -2.27. The van der Waals surface area contributed by atoms with Crippen molar-refractivity contribution in [2.24, 2.45) is 0 Å². The van der Waals surface area contributed by atoms with E-state index in [1.165, 1.54) is 12.0 Å². The third-order valence-corrected chi connectivity index (χ3v) is 3.51. The third kappa shape index (κ3) is 3.29. The van der Waals surface area contributed by atoms with Crippen molar-refractivity contribution in [1.82, 2.24) is 5.32 Å². The monoisotopic (exact) mass is 235 g/mol. The van der Waals surface area contributed by atoms with E-state index in [9.17, 15) is 4.39 Å². The highest BCUT2D eigenvalue weighted by Crippen LogP contribution is 2.27. The minimum absolute atomic E-state index is 0.0145. The fraction of sp³-hybridized carbons (Fsp3) is 0.600. The van der Waals surface area contributed by atoms with E-state index in [-0.39, 0.29) is 6.04 Å². The van der Waals surface area contributed by atoms with Crippen LogP contribution < -0.4 is 5.32 Å².